The van der Waals surface area contributed by atoms with Crippen LogP contribution in [0.1, 0.15) is 24.3 Å². The number of rotatable bonds is 4. The van der Waals surface area contributed by atoms with Crippen LogP contribution in [0, 0.1) is 6.92 Å². The van der Waals surface area contributed by atoms with E-state index in [1.807, 2.05) is 32.0 Å². The maximum Gasteiger partial charge on any atom is 0.169 e. The average molecular weight is 389 g/mol. The minimum absolute atomic E-state index is 0.0556. The van der Waals surface area contributed by atoms with Gasteiger partial charge in [0.2, 0.25) is 0 Å². The van der Waals surface area contributed by atoms with Gasteiger partial charge in [0.05, 0.1) is 18.8 Å². The number of benzene rings is 1. The summed E-state index contributed by atoms with van der Waals surface area (Å²) in [6.45, 7) is 4.09. The lowest BCUT2D eigenvalue weighted by molar-refractivity contribution is 0.414. The number of anilines is 1. The molecule has 2 aromatic rings. The molecule has 0 fully saturated rings. The maximum absolute atomic E-state index is 5.56. The fourth-order valence-electron chi connectivity index (χ4n) is 1.91. The van der Waals surface area contributed by atoms with Gasteiger partial charge in [0.25, 0.3) is 0 Å². The van der Waals surface area contributed by atoms with Crippen LogP contribution in [0.15, 0.2) is 37.8 Å². The van der Waals surface area contributed by atoms with Crippen LogP contribution in [-0.2, 0) is 0 Å². The molecule has 0 saturated carbocycles. The quantitative estimate of drug-likeness (QED) is 0.772. The van der Waals surface area contributed by atoms with Crippen molar-refractivity contribution in [2.45, 2.75) is 19.9 Å². The predicted octanol–water partition coefficient (Wildman–Crippen LogP) is 5.29. The number of ether oxygens (including phenoxy) is 1. The highest BCUT2D eigenvalue weighted by atomic mass is 79.9. The van der Waals surface area contributed by atoms with Gasteiger partial charge >= 0.3 is 0 Å². The second-order valence-electron chi connectivity index (χ2n) is 4.31. The fraction of sp³-hybridized carbons (Fsp3) is 0.286. The molecule has 0 amide bonds. The molecule has 19 heavy (non-hydrogen) atoms. The molecular weight excluding hydrogens is 374 g/mol. The summed E-state index contributed by atoms with van der Waals surface area (Å²) in [6.07, 6.45) is 0. The zero-order valence-corrected chi connectivity index (χ0v) is 14.1. The van der Waals surface area contributed by atoms with E-state index in [0.29, 0.717) is 0 Å². The molecule has 0 aliphatic carbocycles. The van der Waals surface area contributed by atoms with Crippen LogP contribution in [0.2, 0.25) is 0 Å². The van der Waals surface area contributed by atoms with Crippen molar-refractivity contribution in [3.8, 4) is 5.75 Å². The molecule has 1 aromatic carbocycles. The van der Waals surface area contributed by atoms with Crippen LogP contribution in [0.5, 0.6) is 5.75 Å². The van der Waals surface area contributed by atoms with Crippen molar-refractivity contribution in [2.24, 2.45) is 0 Å². The third-order valence-electron chi connectivity index (χ3n) is 2.87. The number of halogens is 2. The van der Waals surface area contributed by atoms with Gasteiger partial charge in [-0.3, -0.25) is 0 Å². The molecule has 1 atom stereocenters. The van der Waals surface area contributed by atoms with E-state index in [-0.39, 0.29) is 6.04 Å². The number of methoxy groups -OCH3 is 1. The van der Waals surface area contributed by atoms with Crippen molar-refractivity contribution < 1.29 is 9.15 Å². The van der Waals surface area contributed by atoms with Crippen LogP contribution in [0.4, 0.5) is 5.69 Å². The van der Waals surface area contributed by atoms with E-state index < -0.39 is 0 Å². The Kier molecular flexibility index (Phi) is 4.58. The van der Waals surface area contributed by atoms with Crippen LogP contribution in [0.25, 0.3) is 0 Å². The lowest BCUT2D eigenvalue weighted by Gasteiger charge is -2.18. The van der Waals surface area contributed by atoms with Gasteiger partial charge < -0.3 is 14.5 Å². The van der Waals surface area contributed by atoms with Gasteiger partial charge in [-0.1, -0.05) is 15.9 Å². The van der Waals surface area contributed by atoms with Gasteiger partial charge in [-0.25, -0.2) is 0 Å². The summed E-state index contributed by atoms with van der Waals surface area (Å²) in [5, 5.41) is 3.43. The molecule has 2 rings (SSSR count). The molecular formula is C14H15Br2NO2. The molecule has 0 spiro atoms. The Balaban J connectivity index is 2.28. The van der Waals surface area contributed by atoms with Gasteiger partial charge in [-0.15, -0.1) is 0 Å². The van der Waals surface area contributed by atoms with E-state index in [1.54, 1.807) is 7.11 Å². The standard InChI is InChI=1S/C14H15Br2NO2/c1-8-6-10(15)7-12(18-3)14(8)17-9(2)11-4-5-13(16)19-11/h4-7,9,17H,1-3H3. The monoisotopic (exact) mass is 387 g/mol. The first-order valence-corrected chi connectivity index (χ1v) is 7.45. The normalized spacial score (nSPS) is 12.3. The van der Waals surface area contributed by atoms with Crippen molar-refractivity contribution in [3.05, 3.63) is 44.7 Å². The zero-order valence-electron chi connectivity index (χ0n) is 11.0. The first kappa shape index (κ1) is 14.5. The Morgan fingerprint density at radius 2 is 2.00 bits per heavy atom. The highest BCUT2D eigenvalue weighted by molar-refractivity contribution is 9.10. The van der Waals surface area contributed by atoms with Crippen molar-refractivity contribution in [1.82, 2.24) is 0 Å². The minimum Gasteiger partial charge on any atom is -0.495 e. The summed E-state index contributed by atoms with van der Waals surface area (Å²) in [5.41, 5.74) is 2.09. The van der Waals surface area contributed by atoms with Gasteiger partial charge in [0.15, 0.2) is 4.67 Å². The van der Waals surface area contributed by atoms with E-state index in [0.717, 1.165) is 31.9 Å². The number of aryl methyl sites for hydroxylation is 1. The largest absolute Gasteiger partial charge is 0.495 e. The molecule has 3 nitrogen and oxygen atoms in total. The van der Waals surface area contributed by atoms with Crippen LogP contribution < -0.4 is 10.1 Å². The smallest absolute Gasteiger partial charge is 0.169 e. The molecule has 1 N–H and O–H groups in total. The van der Waals surface area contributed by atoms with Crippen LogP contribution in [-0.4, -0.2) is 7.11 Å². The highest BCUT2D eigenvalue weighted by Crippen LogP contribution is 2.35. The Bertz CT molecular complexity index is 581. The summed E-state index contributed by atoms with van der Waals surface area (Å²) in [4.78, 5) is 0. The maximum atomic E-state index is 5.56. The van der Waals surface area contributed by atoms with E-state index >= 15 is 0 Å². The molecule has 1 unspecified atom stereocenters. The second kappa shape index (κ2) is 6.01. The molecule has 0 bridgehead atoms. The summed E-state index contributed by atoms with van der Waals surface area (Å²) in [5.74, 6) is 1.68. The third-order valence-corrected chi connectivity index (χ3v) is 3.75. The molecule has 5 heteroatoms. The van der Waals surface area contributed by atoms with Gasteiger partial charge in [-0.05, 0) is 59.6 Å². The summed E-state index contributed by atoms with van der Waals surface area (Å²) in [6, 6.07) is 7.89. The van der Waals surface area contributed by atoms with Crippen molar-refractivity contribution in [1.29, 1.82) is 0 Å². The zero-order chi connectivity index (χ0) is 14.0. The van der Waals surface area contributed by atoms with E-state index in [9.17, 15) is 0 Å². The highest BCUT2D eigenvalue weighted by Gasteiger charge is 2.14. The Morgan fingerprint density at radius 1 is 1.26 bits per heavy atom. The second-order valence-corrected chi connectivity index (χ2v) is 6.01. The van der Waals surface area contributed by atoms with Crippen molar-refractivity contribution in [3.63, 3.8) is 0 Å². The van der Waals surface area contributed by atoms with Gasteiger partial charge in [0, 0.05) is 4.47 Å². The van der Waals surface area contributed by atoms with E-state index in [4.69, 9.17) is 9.15 Å². The van der Waals surface area contributed by atoms with Crippen LogP contribution in [0.3, 0.4) is 0 Å². The van der Waals surface area contributed by atoms with E-state index in [1.165, 1.54) is 0 Å². The Morgan fingerprint density at radius 3 is 2.58 bits per heavy atom. The average Bonchev–Trinajstić information content (AvgIpc) is 2.78. The number of furan rings is 1. The molecule has 0 aliphatic heterocycles. The molecule has 0 saturated heterocycles. The molecule has 1 heterocycles. The topological polar surface area (TPSA) is 34.4 Å². The SMILES string of the molecule is COc1cc(Br)cc(C)c1NC(C)c1ccc(Br)o1. The summed E-state index contributed by atoms with van der Waals surface area (Å²) < 4.78 is 12.7. The summed E-state index contributed by atoms with van der Waals surface area (Å²) >= 11 is 6.78. The third kappa shape index (κ3) is 3.34. The first-order valence-electron chi connectivity index (χ1n) is 5.87. The predicted molar refractivity (Wildman–Crippen MR) is 83.9 cm³/mol. The molecule has 0 radical (unpaired) electrons. The van der Waals surface area contributed by atoms with Crippen LogP contribution >= 0.6 is 31.9 Å². The first-order chi connectivity index (χ1) is 9.01. The fourth-order valence-corrected chi connectivity index (χ4v) is 2.78. The van der Waals surface area contributed by atoms with Crippen molar-refractivity contribution >= 4 is 37.5 Å². The lowest BCUT2D eigenvalue weighted by Crippen LogP contribution is -2.08. The summed E-state index contributed by atoms with van der Waals surface area (Å²) in [7, 11) is 1.67. The van der Waals surface area contributed by atoms with Crippen molar-refractivity contribution in [2.75, 3.05) is 12.4 Å². The van der Waals surface area contributed by atoms with Gasteiger partial charge in [0.1, 0.15) is 11.5 Å². The number of hydrogen-bond donors (Lipinski definition) is 1. The Labute approximate surface area is 129 Å². The van der Waals surface area contributed by atoms with E-state index in [2.05, 4.69) is 43.2 Å². The minimum atomic E-state index is 0.0556. The Hall–Kier alpha value is -0.940. The molecule has 102 valence electrons. The number of hydrogen-bond acceptors (Lipinski definition) is 3. The van der Waals surface area contributed by atoms with Gasteiger partial charge in [-0.2, -0.15) is 0 Å². The number of nitrogens with one attached hydrogen (secondary N) is 1. The lowest BCUT2D eigenvalue weighted by atomic mass is 10.1. The molecule has 0 aliphatic rings. The molecule has 1 aromatic heterocycles.